The van der Waals surface area contributed by atoms with Crippen molar-refractivity contribution in [1.29, 1.82) is 0 Å². The van der Waals surface area contributed by atoms with E-state index in [0.29, 0.717) is 0 Å². The molecule has 4 aromatic carbocycles. The van der Waals surface area contributed by atoms with Crippen LogP contribution in [0.3, 0.4) is 0 Å². The normalized spacial score (nSPS) is 11.5. The molecule has 8 rings (SSSR count). The van der Waals surface area contributed by atoms with Crippen molar-refractivity contribution in [2.24, 2.45) is 0 Å². The summed E-state index contributed by atoms with van der Waals surface area (Å²) in [4.78, 5) is 9.36. The van der Waals surface area contributed by atoms with Gasteiger partial charge >= 0.3 is 99.8 Å². The fourth-order valence-electron chi connectivity index (χ4n) is 5.43. The first-order valence-corrected chi connectivity index (χ1v) is 23.4. The number of hydrogen-bond acceptors (Lipinski definition) is 4. The van der Waals surface area contributed by atoms with E-state index in [2.05, 4.69) is 114 Å². The van der Waals surface area contributed by atoms with E-state index in [1.54, 1.807) is 0 Å². The first kappa shape index (κ1) is 30.8. The fourth-order valence-corrected chi connectivity index (χ4v) is 10.00. The minimum absolute atomic E-state index is 0. The maximum Gasteiger partial charge on any atom is 0 e. The topological polar surface area (TPSA) is 25.8 Å². The van der Waals surface area contributed by atoms with Crippen LogP contribution >= 0.6 is 22.7 Å². The summed E-state index contributed by atoms with van der Waals surface area (Å²) in [7, 11) is 0. The molecule has 0 aliphatic heterocycles. The Kier molecular flexibility index (Phi) is 8.87. The third kappa shape index (κ3) is 5.92. The van der Waals surface area contributed by atoms with Gasteiger partial charge in [-0.1, -0.05) is 54.8 Å². The van der Waals surface area contributed by atoms with Crippen LogP contribution in [0, 0.1) is 19.1 Å². The van der Waals surface area contributed by atoms with Gasteiger partial charge in [0.2, 0.25) is 0 Å². The first-order chi connectivity index (χ1) is 20.9. The minimum atomic E-state index is -1.72. The third-order valence-electron chi connectivity index (χ3n) is 7.78. The number of benzene rings is 4. The minimum Gasteiger partial charge on any atom is 0 e. The van der Waals surface area contributed by atoms with Gasteiger partial charge in [0, 0.05) is 51.2 Å². The van der Waals surface area contributed by atoms with Gasteiger partial charge in [-0.25, -0.2) is 0 Å². The van der Waals surface area contributed by atoms with Crippen molar-refractivity contribution in [3.05, 3.63) is 127 Å². The van der Waals surface area contributed by atoms with Crippen LogP contribution < -0.4 is 4.40 Å². The molecule has 0 unspecified atom stereocenters. The van der Waals surface area contributed by atoms with Crippen molar-refractivity contribution >= 4 is 80.7 Å². The summed E-state index contributed by atoms with van der Waals surface area (Å²) in [5.74, 6) is 7.14. The van der Waals surface area contributed by atoms with Gasteiger partial charge in [-0.15, -0.1) is 34.6 Å². The molecule has 8 aromatic rings. The van der Waals surface area contributed by atoms with E-state index in [1.807, 2.05) is 59.3 Å². The zero-order valence-electron chi connectivity index (χ0n) is 24.9. The molecule has 2 nitrogen and oxygen atoms in total. The zero-order chi connectivity index (χ0) is 29.6. The largest absolute Gasteiger partial charge is 0 e. The number of fused-ring (bicyclic) bond motifs is 6. The molecule has 0 saturated heterocycles. The van der Waals surface area contributed by atoms with Crippen molar-refractivity contribution in [1.82, 2.24) is 9.97 Å². The van der Waals surface area contributed by atoms with Crippen LogP contribution in [0.2, 0.25) is 17.3 Å². The molecule has 1 radical (unpaired) electrons. The Bertz CT molecular complexity index is 2230. The molecule has 6 heteroatoms. The van der Waals surface area contributed by atoms with E-state index in [1.165, 1.54) is 50.3 Å². The fraction of sp³-hybridized carbons (Fsp3) is 0.105. The Hall–Kier alpha value is -3.19. The standard InChI is InChI=1S/C24H14NS2.C14H16GeN.Ir/c1-14-10-11-16(24-23(14)17-7-3-5-9-21(17)27-24)19-12-22-18(13-25-19)15-6-2-4-8-20(15)26-22;1-15(2,3)13-9-10-14(16-11-13)12-7-5-4-6-8-12;/h2-10,12-13H,1H3;4-7,9-11H,1-3H3;/q2*-1;. The van der Waals surface area contributed by atoms with Crippen LogP contribution in [0.5, 0.6) is 0 Å². The van der Waals surface area contributed by atoms with E-state index in [9.17, 15) is 0 Å². The Balaban J connectivity index is 0.000000174. The van der Waals surface area contributed by atoms with Gasteiger partial charge in [0.25, 0.3) is 0 Å². The monoisotopic (exact) mass is 845 g/mol. The number of aromatic nitrogens is 2. The molecule has 44 heavy (non-hydrogen) atoms. The van der Waals surface area contributed by atoms with Crippen molar-refractivity contribution in [2.45, 2.75) is 24.2 Å². The van der Waals surface area contributed by atoms with E-state index in [0.717, 1.165) is 22.5 Å². The van der Waals surface area contributed by atoms with Crippen molar-refractivity contribution < 1.29 is 20.1 Å². The van der Waals surface area contributed by atoms with Crippen LogP contribution in [0.4, 0.5) is 0 Å². The predicted molar refractivity (Wildman–Crippen MR) is 191 cm³/mol. The summed E-state index contributed by atoms with van der Waals surface area (Å²) in [6.07, 6.45) is 4.06. The molecule has 0 aliphatic rings. The molecular weight excluding hydrogens is 813 g/mol. The zero-order valence-corrected chi connectivity index (χ0v) is 31.1. The molecular formula is C38H30GeIrN2S2-2. The molecule has 4 aromatic heterocycles. The van der Waals surface area contributed by atoms with Gasteiger partial charge < -0.3 is 4.98 Å². The number of nitrogens with zero attached hydrogens (tertiary/aromatic N) is 2. The van der Waals surface area contributed by atoms with Crippen molar-refractivity contribution in [3.63, 3.8) is 0 Å². The van der Waals surface area contributed by atoms with Gasteiger partial charge in [-0.3, -0.25) is 0 Å². The van der Waals surface area contributed by atoms with Crippen molar-refractivity contribution in [3.8, 4) is 22.5 Å². The Morgan fingerprint density at radius 3 is 2.07 bits per heavy atom. The van der Waals surface area contributed by atoms with E-state index in [-0.39, 0.29) is 20.1 Å². The third-order valence-corrected chi connectivity index (χ3v) is 14.4. The number of pyridine rings is 2. The molecule has 0 fully saturated rings. The van der Waals surface area contributed by atoms with Gasteiger partial charge in [0.1, 0.15) is 0 Å². The molecule has 0 amide bonds. The van der Waals surface area contributed by atoms with Crippen LogP contribution in [-0.4, -0.2) is 23.2 Å². The second kappa shape index (κ2) is 12.7. The second-order valence-corrected chi connectivity index (χ2v) is 24.6. The number of thiophene rings is 2. The first-order valence-electron chi connectivity index (χ1n) is 14.4. The van der Waals surface area contributed by atoms with E-state index in [4.69, 9.17) is 4.98 Å². The molecule has 4 heterocycles. The summed E-state index contributed by atoms with van der Waals surface area (Å²) in [5, 5.41) is 5.19. The number of rotatable bonds is 3. The molecule has 0 N–H and O–H groups in total. The molecule has 0 aliphatic carbocycles. The molecule has 0 spiro atoms. The molecule has 219 valence electrons. The average Bonchev–Trinajstić information content (AvgIpc) is 3.61. The predicted octanol–water partition coefficient (Wildman–Crippen LogP) is 10.7. The van der Waals surface area contributed by atoms with E-state index >= 15 is 0 Å². The number of aryl methyl sites for hydroxylation is 1. The summed E-state index contributed by atoms with van der Waals surface area (Å²) >= 11 is 1.96. The summed E-state index contributed by atoms with van der Waals surface area (Å²) in [5.41, 5.74) is 5.46. The molecule has 0 bridgehead atoms. The quantitative estimate of drug-likeness (QED) is 0.131. The van der Waals surface area contributed by atoms with Gasteiger partial charge in [-0.05, 0) is 27.9 Å². The maximum absolute atomic E-state index is 4.83. The Labute approximate surface area is 282 Å². The SMILES string of the molecule is Cc1c[c-]c(-c2cc3sc4ccccc4c3cn2)c2sc3ccccc3c12.[CH3][Ge]([CH3])([CH3])[c]1ccc(-c2[c-]cccc2)nc1.[Ir]. The Morgan fingerprint density at radius 1 is 0.659 bits per heavy atom. The van der Waals surface area contributed by atoms with Gasteiger partial charge in [0.05, 0.1) is 0 Å². The summed E-state index contributed by atoms with van der Waals surface area (Å²) in [6.45, 7) is 2.17. The van der Waals surface area contributed by atoms with Crippen LogP contribution in [-0.2, 0) is 20.1 Å². The van der Waals surface area contributed by atoms with Gasteiger partial charge in [0.15, 0.2) is 0 Å². The molecule has 0 atom stereocenters. The van der Waals surface area contributed by atoms with Crippen LogP contribution in [0.25, 0.3) is 62.9 Å². The second-order valence-electron chi connectivity index (χ2n) is 11.8. The number of hydrogen-bond donors (Lipinski definition) is 0. The molecule has 0 saturated carbocycles. The van der Waals surface area contributed by atoms with Gasteiger partial charge in [-0.2, -0.15) is 11.3 Å². The Morgan fingerprint density at radius 2 is 1.36 bits per heavy atom. The van der Waals surface area contributed by atoms with E-state index < -0.39 is 13.3 Å². The van der Waals surface area contributed by atoms with Crippen LogP contribution in [0.15, 0.2) is 109 Å². The van der Waals surface area contributed by atoms with Crippen molar-refractivity contribution in [2.75, 3.05) is 0 Å². The van der Waals surface area contributed by atoms with Crippen LogP contribution in [0.1, 0.15) is 5.56 Å². The summed E-state index contributed by atoms with van der Waals surface area (Å²) < 4.78 is 6.64. The smallest absolute Gasteiger partial charge is 0 e. The summed E-state index contributed by atoms with van der Waals surface area (Å²) in [6, 6.07) is 40.5. The maximum atomic E-state index is 4.83. The average molecular weight is 844 g/mol.